The maximum atomic E-state index is 15.0. The minimum atomic E-state index is -0.907. The maximum absolute atomic E-state index is 15.0. The largest absolute Gasteiger partial charge is 0.368 e. The molecule has 0 aliphatic carbocycles. The predicted octanol–water partition coefficient (Wildman–Crippen LogP) is 8.47. The summed E-state index contributed by atoms with van der Waals surface area (Å²) < 4.78 is 63.7. The summed E-state index contributed by atoms with van der Waals surface area (Å²) in [4.78, 5) is 0. The van der Waals surface area contributed by atoms with Gasteiger partial charge in [-0.1, -0.05) is 84.9 Å². The molecule has 1 aliphatic heterocycles. The highest BCUT2D eigenvalue weighted by atomic mass is 19.2. The molecular formula is C31H24F4O. The molecule has 0 radical (unpaired) electrons. The van der Waals surface area contributed by atoms with Crippen molar-refractivity contribution in [2.24, 2.45) is 0 Å². The van der Waals surface area contributed by atoms with Gasteiger partial charge in [0, 0.05) is 16.7 Å². The van der Waals surface area contributed by atoms with E-state index in [-0.39, 0.29) is 22.8 Å². The normalized spacial score (nSPS) is 15.0. The van der Waals surface area contributed by atoms with E-state index in [1.165, 1.54) is 0 Å². The number of hydrogen-bond donors (Lipinski definition) is 0. The van der Waals surface area contributed by atoms with E-state index in [0.29, 0.717) is 36.1 Å². The van der Waals surface area contributed by atoms with Gasteiger partial charge in [0.15, 0.2) is 23.3 Å². The van der Waals surface area contributed by atoms with Gasteiger partial charge in [-0.3, -0.25) is 0 Å². The van der Waals surface area contributed by atoms with E-state index in [2.05, 4.69) is 0 Å². The number of benzene rings is 4. The molecule has 0 amide bonds. The summed E-state index contributed by atoms with van der Waals surface area (Å²) >= 11 is 0. The van der Waals surface area contributed by atoms with Crippen LogP contribution in [-0.2, 0) is 17.6 Å². The summed E-state index contributed by atoms with van der Waals surface area (Å²) in [5, 5.41) is 0. The number of epoxide rings is 1. The number of allylic oxidation sites excluding steroid dienone is 1. The third-order valence-corrected chi connectivity index (χ3v) is 6.48. The first kappa shape index (κ1) is 24.0. The van der Waals surface area contributed by atoms with Crippen LogP contribution in [0.2, 0.25) is 0 Å². The molecule has 1 fully saturated rings. The van der Waals surface area contributed by atoms with Gasteiger partial charge in [0.05, 0.1) is 6.61 Å². The molecule has 1 unspecified atom stereocenters. The van der Waals surface area contributed by atoms with E-state index in [1.807, 2.05) is 31.2 Å². The lowest BCUT2D eigenvalue weighted by Gasteiger charge is -2.11. The van der Waals surface area contributed by atoms with Crippen LogP contribution < -0.4 is 0 Å². The Labute approximate surface area is 207 Å². The van der Waals surface area contributed by atoms with Crippen LogP contribution >= 0.6 is 0 Å². The highest BCUT2D eigenvalue weighted by molar-refractivity contribution is 5.72. The predicted molar refractivity (Wildman–Crippen MR) is 134 cm³/mol. The molecule has 36 heavy (non-hydrogen) atoms. The summed E-state index contributed by atoms with van der Waals surface area (Å²) in [6.45, 7) is 2.33. The Balaban J connectivity index is 1.31. The molecule has 0 N–H and O–H groups in total. The molecule has 4 aromatic carbocycles. The van der Waals surface area contributed by atoms with Crippen molar-refractivity contribution in [2.45, 2.75) is 25.9 Å². The molecule has 4 aromatic rings. The zero-order chi connectivity index (χ0) is 25.2. The Morgan fingerprint density at radius 2 is 1.28 bits per heavy atom. The molecule has 0 saturated carbocycles. The van der Waals surface area contributed by atoms with Gasteiger partial charge < -0.3 is 4.74 Å². The molecule has 0 spiro atoms. The third-order valence-electron chi connectivity index (χ3n) is 6.48. The van der Waals surface area contributed by atoms with Crippen molar-refractivity contribution in [3.63, 3.8) is 0 Å². The molecule has 182 valence electrons. The summed E-state index contributed by atoms with van der Waals surface area (Å²) in [6.07, 6.45) is 4.30. The molecule has 5 rings (SSSR count). The van der Waals surface area contributed by atoms with Crippen molar-refractivity contribution in [1.82, 2.24) is 0 Å². The van der Waals surface area contributed by atoms with Gasteiger partial charge in [-0.2, -0.15) is 0 Å². The minimum absolute atomic E-state index is 0.166. The molecular weight excluding hydrogens is 464 g/mol. The van der Waals surface area contributed by atoms with Crippen LogP contribution in [0.3, 0.4) is 0 Å². The first-order valence-corrected chi connectivity index (χ1v) is 11.8. The monoisotopic (exact) mass is 488 g/mol. The number of halogens is 4. The van der Waals surface area contributed by atoms with Gasteiger partial charge in [-0.15, -0.1) is 0 Å². The van der Waals surface area contributed by atoms with Crippen LogP contribution in [0, 0.1) is 23.3 Å². The van der Waals surface area contributed by atoms with Crippen LogP contribution in [0.15, 0.2) is 78.9 Å². The van der Waals surface area contributed by atoms with E-state index >= 15 is 4.39 Å². The lowest BCUT2D eigenvalue weighted by atomic mass is 9.96. The van der Waals surface area contributed by atoms with Crippen LogP contribution in [0.4, 0.5) is 17.6 Å². The lowest BCUT2D eigenvalue weighted by Crippen LogP contribution is -2.01. The van der Waals surface area contributed by atoms with Crippen molar-refractivity contribution in [3.8, 4) is 22.3 Å². The number of rotatable bonds is 7. The Morgan fingerprint density at radius 1 is 0.694 bits per heavy atom. The molecule has 1 saturated heterocycles. The molecule has 1 aliphatic rings. The maximum Gasteiger partial charge on any atom is 0.167 e. The summed E-state index contributed by atoms with van der Waals surface area (Å²) in [5.74, 6) is -3.49. The van der Waals surface area contributed by atoms with Gasteiger partial charge in [0.25, 0.3) is 0 Å². The minimum Gasteiger partial charge on any atom is -0.368 e. The van der Waals surface area contributed by atoms with Crippen LogP contribution in [0.1, 0.15) is 35.3 Å². The van der Waals surface area contributed by atoms with E-state index < -0.39 is 23.3 Å². The van der Waals surface area contributed by atoms with E-state index in [9.17, 15) is 13.2 Å². The van der Waals surface area contributed by atoms with Crippen molar-refractivity contribution < 1.29 is 22.3 Å². The Morgan fingerprint density at radius 3 is 1.83 bits per heavy atom. The topological polar surface area (TPSA) is 12.5 Å². The second kappa shape index (κ2) is 10.1. The quantitative estimate of drug-likeness (QED) is 0.188. The molecule has 1 nitrogen and oxygen atoms in total. The average Bonchev–Trinajstić information content (AvgIpc) is 3.73. The summed E-state index contributed by atoms with van der Waals surface area (Å²) in [5.41, 5.74) is 3.92. The first-order chi connectivity index (χ1) is 17.5. The van der Waals surface area contributed by atoms with Crippen molar-refractivity contribution >= 4 is 6.08 Å². The van der Waals surface area contributed by atoms with Crippen molar-refractivity contribution in [3.05, 3.63) is 124 Å². The first-order valence-electron chi connectivity index (χ1n) is 11.8. The fraction of sp³-hybridized carbons (Fsp3) is 0.161. The van der Waals surface area contributed by atoms with Gasteiger partial charge in [-0.25, -0.2) is 17.6 Å². The molecule has 1 heterocycles. The molecule has 0 aromatic heterocycles. The van der Waals surface area contributed by atoms with Crippen LogP contribution in [0.25, 0.3) is 28.3 Å². The fourth-order valence-corrected chi connectivity index (χ4v) is 4.37. The van der Waals surface area contributed by atoms with Gasteiger partial charge in [-0.05, 0) is 47.6 Å². The molecule has 5 heteroatoms. The highest BCUT2D eigenvalue weighted by Crippen LogP contribution is 2.34. The van der Waals surface area contributed by atoms with Gasteiger partial charge in [0.1, 0.15) is 6.10 Å². The lowest BCUT2D eigenvalue weighted by molar-refractivity contribution is 0.400. The number of aryl methyl sites for hydroxylation is 2. The Bertz CT molecular complexity index is 1420. The van der Waals surface area contributed by atoms with Crippen molar-refractivity contribution in [2.75, 3.05) is 6.61 Å². The third kappa shape index (κ3) is 4.84. The standard InChI is InChI=1S/C31H24F4O/c1-2-3-19-4-9-21(10-5-19)24-16-17-25(30(34)29(24)33)22-11-6-20(7-12-22)8-13-23-14-15-26(27-18-36-27)31(35)28(23)32/h2-7,9-12,14-17,27H,8,13,18H2,1H3/b3-2+. The summed E-state index contributed by atoms with van der Waals surface area (Å²) in [6, 6.07) is 20.6. The zero-order valence-electron chi connectivity index (χ0n) is 19.7. The van der Waals surface area contributed by atoms with Crippen molar-refractivity contribution in [1.29, 1.82) is 0 Å². The highest BCUT2D eigenvalue weighted by Gasteiger charge is 2.30. The van der Waals surface area contributed by atoms with E-state index in [1.54, 1.807) is 60.7 Å². The van der Waals surface area contributed by atoms with Crippen LogP contribution in [0.5, 0.6) is 0 Å². The zero-order valence-corrected chi connectivity index (χ0v) is 19.7. The fourth-order valence-electron chi connectivity index (χ4n) is 4.37. The average molecular weight is 489 g/mol. The molecule has 1 atom stereocenters. The second-order valence-corrected chi connectivity index (χ2v) is 8.87. The SMILES string of the molecule is C/C=C/c1ccc(-c2ccc(-c3ccc(CCc4ccc(C5CO5)c(F)c4F)cc3)c(F)c2F)cc1. The van der Waals surface area contributed by atoms with Gasteiger partial charge >= 0.3 is 0 Å². The number of ether oxygens (including phenoxy) is 1. The number of hydrogen-bond acceptors (Lipinski definition) is 1. The Hall–Kier alpha value is -3.70. The van der Waals surface area contributed by atoms with Crippen LogP contribution in [-0.4, -0.2) is 6.61 Å². The molecule has 0 bridgehead atoms. The summed E-state index contributed by atoms with van der Waals surface area (Å²) in [7, 11) is 0. The van der Waals surface area contributed by atoms with E-state index in [0.717, 1.165) is 11.1 Å². The van der Waals surface area contributed by atoms with Gasteiger partial charge in [0.2, 0.25) is 0 Å². The smallest absolute Gasteiger partial charge is 0.167 e. The van der Waals surface area contributed by atoms with E-state index in [4.69, 9.17) is 4.74 Å². The Kier molecular flexibility index (Phi) is 6.75. The second-order valence-electron chi connectivity index (χ2n) is 8.87.